The molecule has 2 aromatic rings. The topological polar surface area (TPSA) is 84.2 Å². The van der Waals surface area contributed by atoms with Gasteiger partial charge in [0.05, 0.1) is 34.9 Å². The van der Waals surface area contributed by atoms with Gasteiger partial charge in [-0.2, -0.15) is 0 Å². The lowest BCUT2D eigenvalue weighted by atomic mass is 9.97. The number of fused-ring (bicyclic) bond motifs is 1. The molecule has 24 heavy (non-hydrogen) atoms. The molecule has 6 nitrogen and oxygen atoms in total. The fourth-order valence-electron chi connectivity index (χ4n) is 2.91. The molecule has 3 rings (SSSR count). The molecule has 0 saturated carbocycles. The van der Waals surface area contributed by atoms with Gasteiger partial charge in [-0.25, -0.2) is 4.98 Å². The molecule has 8 heteroatoms. The standard InChI is InChI=1S/C16H17BrClN3O3/c17-11-5-10-13(6-12(11)18)20-8-21(16(10)24)7-9(22)4-14-15(23)2-1-3-19-14/h5-6,8,14-15,19,23H,1-4,7H2/t14-,15-/m1/s1. The van der Waals surface area contributed by atoms with Crippen molar-refractivity contribution in [1.82, 2.24) is 14.9 Å². The van der Waals surface area contributed by atoms with E-state index in [0.29, 0.717) is 26.8 Å². The maximum atomic E-state index is 12.5. The number of hydrogen-bond donors (Lipinski definition) is 2. The number of rotatable bonds is 4. The first kappa shape index (κ1) is 17.5. The molecule has 1 aliphatic rings. The van der Waals surface area contributed by atoms with E-state index in [1.54, 1.807) is 12.1 Å². The van der Waals surface area contributed by atoms with Gasteiger partial charge >= 0.3 is 0 Å². The highest BCUT2D eigenvalue weighted by Gasteiger charge is 2.25. The van der Waals surface area contributed by atoms with Gasteiger partial charge < -0.3 is 10.4 Å². The number of Topliss-reactive ketones (excluding diaryl/α,β-unsaturated/α-hetero) is 1. The number of aliphatic hydroxyl groups is 1. The lowest BCUT2D eigenvalue weighted by Crippen LogP contribution is -2.46. The van der Waals surface area contributed by atoms with Crippen LogP contribution in [0.25, 0.3) is 10.9 Å². The van der Waals surface area contributed by atoms with E-state index in [2.05, 4.69) is 26.2 Å². The minimum atomic E-state index is -0.521. The first-order valence-electron chi connectivity index (χ1n) is 7.73. The molecule has 0 radical (unpaired) electrons. The molecule has 0 aliphatic carbocycles. The van der Waals surface area contributed by atoms with Gasteiger partial charge in [-0.15, -0.1) is 0 Å². The summed E-state index contributed by atoms with van der Waals surface area (Å²) in [6.45, 7) is 0.730. The number of aliphatic hydroxyl groups excluding tert-OH is 1. The Balaban J connectivity index is 1.79. The fraction of sp³-hybridized carbons (Fsp3) is 0.438. The Labute approximate surface area is 152 Å². The third kappa shape index (κ3) is 3.69. The zero-order valence-electron chi connectivity index (χ0n) is 12.8. The highest BCUT2D eigenvalue weighted by molar-refractivity contribution is 9.10. The first-order chi connectivity index (χ1) is 11.5. The van der Waals surface area contributed by atoms with Gasteiger partial charge in [0.2, 0.25) is 0 Å². The monoisotopic (exact) mass is 413 g/mol. The van der Waals surface area contributed by atoms with Gasteiger partial charge in [-0.3, -0.25) is 14.2 Å². The summed E-state index contributed by atoms with van der Waals surface area (Å²) < 4.78 is 1.90. The highest BCUT2D eigenvalue weighted by Crippen LogP contribution is 2.25. The molecule has 1 fully saturated rings. The number of carbonyl (C=O) groups is 1. The minimum absolute atomic E-state index is 0.0626. The Morgan fingerprint density at radius 1 is 1.50 bits per heavy atom. The van der Waals surface area contributed by atoms with E-state index in [1.165, 1.54) is 10.9 Å². The van der Waals surface area contributed by atoms with Crippen molar-refractivity contribution in [3.63, 3.8) is 0 Å². The van der Waals surface area contributed by atoms with E-state index in [-0.39, 0.29) is 30.3 Å². The van der Waals surface area contributed by atoms with Crippen molar-refractivity contribution in [3.05, 3.63) is 38.3 Å². The first-order valence-corrected chi connectivity index (χ1v) is 8.90. The van der Waals surface area contributed by atoms with Crippen LogP contribution in [0.5, 0.6) is 0 Å². The quantitative estimate of drug-likeness (QED) is 0.798. The molecule has 0 spiro atoms. The maximum Gasteiger partial charge on any atom is 0.261 e. The van der Waals surface area contributed by atoms with Crippen molar-refractivity contribution < 1.29 is 9.90 Å². The van der Waals surface area contributed by atoms with Crippen LogP contribution in [0, 0.1) is 0 Å². The summed E-state index contributed by atoms with van der Waals surface area (Å²) in [5.41, 5.74) is 0.198. The van der Waals surface area contributed by atoms with Crippen LogP contribution in [-0.4, -0.2) is 39.1 Å². The third-order valence-electron chi connectivity index (χ3n) is 4.21. The van der Waals surface area contributed by atoms with E-state index < -0.39 is 6.10 Å². The van der Waals surface area contributed by atoms with Crippen molar-refractivity contribution in [2.24, 2.45) is 0 Å². The van der Waals surface area contributed by atoms with Crippen LogP contribution in [-0.2, 0) is 11.3 Å². The van der Waals surface area contributed by atoms with Gasteiger partial charge in [0.1, 0.15) is 0 Å². The predicted octanol–water partition coefficient (Wildman–Crippen LogP) is 1.88. The molecule has 1 aromatic heterocycles. The zero-order chi connectivity index (χ0) is 17.3. The van der Waals surface area contributed by atoms with Crippen LogP contribution in [0.15, 0.2) is 27.7 Å². The zero-order valence-corrected chi connectivity index (χ0v) is 15.2. The van der Waals surface area contributed by atoms with Gasteiger partial charge in [0.25, 0.3) is 5.56 Å². The van der Waals surface area contributed by atoms with E-state index >= 15 is 0 Å². The molecule has 2 atom stereocenters. The van der Waals surface area contributed by atoms with Crippen molar-refractivity contribution in [3.8, 4) is 0 Å². The Kier molecular flexibility index (Phi) is 5.34. The average Bonchev–Trinajstić information content (AvgIpc) is 2.54. The molecule has 0 bridgehead atoms. The molecule has 1 saturated heterocycles. The number of halogens is 2. The molecule has 2 N–H and O–H groups in total. The second kappa shape index (κ2) is 7.31. The number of aromatic nitrogens is 2. The van der Waals surface area contributed by atoms with Gasteiger partial charge in [0.15, 0.2) is 5.78 Å². The predicted molar refractivity (Wildman–Crippen MR) is 95.4 cm³/mol. The average molecular weight is 415 g/mol. The molecular weight excluding hydrogens is 398 g/mol. The highest BCUT2D eigenvalue weighted by atomic mass is 79.9. The number of nitrogens with zero attached hydrogens (tertiary/aromatic N) is 2. The number of piperidine rings is 1. The maximum absolute atomic E-state index is 12.5. The molecule has 128 valence electrons. The van der Waals surface area contributed by atoms with E-state index in [0.717, 1.165) is 13.0 Å². The van der Waals surface area contributed by atoms with Crippen molar-refractivity contribution in [1.29, 1.82) is 0 Å². The largest absolute Gasteiger partial charge is 0.391 e. The van der Waals surface area contributed by atoms with Gasteiger partial charge in [0, 0.05) is 16.9 Å². The van der Waals surface area contributed by atoms with Crippen LogP contribution in [0.3, 0.4) is 0 Å². The number of benzene rings is 1. The molecule has 0 unspecified atom stereocenters. The number of carbonyl (C=O) groups excluding carboxylic acids is 1. The second-order valence-corrected chi connectivity index (χ2v) is 7.24. The normalized spacial score (nSPS) is 21.1. The Bertz CT molecular complexity index is 839. The molecule has 0 amide bonds. The SMILES string of the molecule is O=C(C[C@H]1NCCC[C@H]1O)Cn1cnc2cc(Cl)c(Br)cc2c1=O. The summed E-state index contributed by atoms with van der Waals surface area (Å²) in [6.07, 6.45) is 2.62. The molecular formula is C16H17BrClN3O3. The smallest absolute Gasteiger partial charge is 0.261 e. The van der Waals surface area contributed by atoms with Crippen LogP contribution in [0.4, 0.5) is 0 Å². The van der Waals surface area contributed by atoms with Crippen molar-refractivity contribution in [2.45, 2.75) is 38.0 Å². The number of ketones is 1. The number of hydrogen-bond acceptors (Lipinski definition) is 5. The Morgan fingerprint density at radius 2 is 2.29 bits per heavy atom. The van der Waals surface area contributed by atoms with Crippen LogP contribution in [0.2, 0.25) is 5.02 Å². The second-order valence-electron chi connectivity index (χ2n) is 5.97. The van der Waals surface area contributed by atoms with Crippen molar-refractivity contribution >= 4 is 44.2 Å². The van der Waals surface area contributed by atoms with E-state index in [4.69, 9.17) is 11.6 Å². The van der Waals surface area contributed by atoms with Crippen LogP contribution in [0.1, 0.15) is 19.3 Å². The van der Waals surface area contributed by atoms with E-state index in [1.807, 2.05) is 0 Å². The minimum Gasteiger partial charge on any atom is -0.391 e. The summed E-state index contributed by atoms with van der Waals surface area (Å²) >= 11 is 9.29. The summed E-state index contributed by atoms with van der Waals surface area (Å²) in [4.78, 5) is 29.0. The Hall–Kier alpha value is -1.28. The molecule has 1 aromatic carbocycles. The fourth-order valence-corrected chi connectivity index (χ4v) is 3.41. The lowest BCUT2D eigenvalue weighted by molar-refractivity contribution is -0.121. The number of nitrogens with one attached hydrogen (secondary N) is 1. The van der Waals surface area contributed by atoms with Crippen molar-refractivity contribution in [2.75, 3.05) is 6.54 Å². The molecule has 2 heterocycles. The van der Waals surface area contributed by atoms with E-state index in [9.17, 15) is 14.7 Å². The van der Waals surface area contributed by atoms with Gasteiger partial charge in [-0.05, 0) is 47.4 Å². The van der Waals surface area contributed by atoms with Crippen LogP contribution < -0.4 is 10.9 Å². The summed E-state index contributed by atoms with van der Waals surface area (Å²) in [5, 5.41) is 13.9. The van der Waals surface area contributed by atoms with Crippen LogP contribution >= 0.6 is 27.5 Å². The third-order valence-corrected chi connectivity index (χ3v) is 5.41. The van der Waals surface area contributed by atoms with Gasteiger partial charge in [-0.1, -0.05) is 11.6 Å². The summed E-state index contributed by atoms with van der Waals surface area (Å²) in [7, 11) is 0. The summed E-state index contributed by atoms with van der Waals surface area (Å²) in [6, 6.07) is 2.97. The summed E-state index contributed by atoms with van der Waals surface area (Å²) in [5.74, 6) is -0.121. The Morgan fingerprint density at radius 3 is 3.04 bits per heavy atom. The molecule has 1 aliphatic heterocycles. The lowest BCUT2D eigenvalue weighted by Gasteiger charge is -2.28.